The molecule has 0 amide bonds. The van der Waals surface area contributed by atoms with Gasteiger partial charge in [0, 0.05) is 25.9 Å². The van der Waals surface area contributed by atoms with Crippen molar-refractivity contribution in [1.29, 1.82) is 0 Å². The molecule has 0 aromatic carbocycles. The second-order valence-electron chi connectivity index (χ2n) is 4.09. The monoisotopic (exact) mass is 313 g/mol. The van der Waals surface area contributed by atoms with Gasteiger partial charge in [-0.25, -0.2) is 0 Å². The normalized spacial score (nSPS) is 14.1. The van der Waals surface area contributed by atoms with E-state index in [0.717, 1.165) is 15.9 Å². The Labute approximate surface area is 106 Å². The van der Waals surface area contributed by atoms with Crippen molar-refractivity contribution in [3.63, 3.8) is 0 Å². The molecule has 2 N–H and O–H groups in total. The predicted octanol–water partition coefficient (Wildman–Crippen LogP) is 2.70. The first kappa shape index (κ1) is 14.5. The molecule has 0 radical (unpaired) electrons. The highest BCUT2D eigenvalue weighted by Crippen LogP contribution is 2.25. The molecule has 17 heavy (non-hydrogen) atoms. The minimum Gasteiger partial charge on any atom is -0.327 e. The third-order valence-corrected chi connectivity index (χ3v) is 3.55. The highest BCUT2D eigenvalue weighted by atomic mass is 79.9. The quantitative estimate of drug-likeness (QED) is 0.928. The lowest BCUT2D eigenvalue weighted by Gasteiger charge is -2.13. The molecule has 1 atom stereocenters. The van der Waals surface area contributed by atoms with Gasteiger partial charge in [0.05, 0.1) is 15.9 Å². The lowest BCUT2D eigenvalue weighted by molar-refractivity contribution is -0.136. The van der Waals surface area contributed by atoms with E-state index in [-0.39, 0.29) is 6.42 Å². The number of alkyl halides is 3. The summed E-state index contributed by atoms with van der Waals surface area (Å²) in [6.07, 6.45) is -4.67. The van der Waals surface area contributed by atoms with Gasteiger partial charge in [0.15, 0.2) is 0 Å². The predicted molar refractivity (Wildman–Crippen MR) is 62.6 cm³/mol. The van der Waals surface area contributed by atoms with E-state index in [1.807, 2.05) is 6.92 Å². The van der Waals surface area contributed by atoms with Crippen LogP contribution in [0.15, 0.2) is 4.47 Å². The molecular weight excluding hydrogens is 299 g/mol. The van der Waals surface area contributed by atoms with Gasteiger partial charge in [-0.2, -0.15) is 18.3 Å². The summed E-state index contributed by atoms with van der Waals surface area (Å²) in [5.74, 6) is 0. The van der Waals surface area contributed by atoms with Gasteiger partial charge in [0.25, 0.3) is 0 Å². The van der Waals surface area contributed by atoms with Gasteiger partial charge in [0.1, 0.15) is 0 Å². The Kier molecular flexibility index (Phi) is 4.60. The van der Waals surface area contributed by atoms with Crippen molar-refractivity contribution < 1.29 is 13.2 Å². The zero-order chi connectivity index (χ0) is 13.2. The Hall–Kier alpha value is -0.560. The maximum absolute atomic E-state index is 12.0. The van der Waals surface area contributed by atoms with Gasteiger partial charge < -0.3 is 5.73 Å². The maximum atomic E-state index is 12.0. The summed E-state index contributed by atoms with van der Waals surface area (Å²) < 4.78 is 38.6. The van der Waals surface area contributed by atoms with Crippen LogP contribution in [0.2, 0.25) is 0 Å². The molecule has 98 valence electrons. The number of nitrogens with two attached hydrogens (primary N) is 1. The average molecular weight is 314 g/mol. The van der Waals surface area contributed by atoms with Crippen molar-refractivity contribution in [2.45, 2.75) is 38.4 Å². The standard InChI is InChI=1S/C10H15BrF3N3/c1-6-9(11)8(17(2)16-6)5-7(15)3-4-10(12,13)14/h7H,3-5,15H2,1-2H3. The summed E-state index contributed by atoms with van der Waals surface area (Å²) >= 11 is 3.36. The van der Waals surface area contributed by atoms with Crippen LogP contribution in [0.3, 0.4) is 0 Å². The molecule has 1 unspecified atom stereocenters. The third-order valence-electron chi connectivity index (χ3n) is 2.52. The van der Waals surface area contributed by atoms with Crippen molar-refractivity contribution in [2.75, 3.05) is 0 Å². The van der Waals surface area contributed by atoms with Crippen LogP contribution in [0.5, 0.6) is 0 Å². The van der Waals surface area contributed by atoms with Crippen LogP contribution >= 0.6 is 15.9 Å². The van der Waals surface area contributed by atoms with E-state index in [9.17, 15) is 13.2 Å². The SMILES string of the molecule is Cc1nn(C)c(CC(N)CCC(F)(F)F)c1Br. The fourth-order valence-corrected chi connectivity index (χ4v) is 2.10. The van der Waals surface area contributed by atoms with Crippen molar-refractivity contribution in [1.82, 2.24) is 9.78 Å². The van der Waals surface area contributed by atoms with Crippen LogP contribution in [0, 0.1) is 6.92 Å². The fraction of sp³-hybridized carbons (Fsp3) is 0.700. The lowest BCUT2D eigenvalue weighted by atomic mass is 10.1. The molecule has 3 nitrogen and oxygen atoms in total. The van der Waals surface area contributed by atoms with Gasteiger partial charge in [-0.15, -0.1) is 0 Å². The molecule has 1 aromatic rings. The molecule has 0 fully saturated rings. The second-order valence-corrected chi connectivity index (χ2v) is 4.88. The summed E-state index contributed by atoms with van der Waals surface area (Å²) in [5.41, 5.74) is 7.34. The van der Waals surface area contributed by atoms with E-state index in [1.54, 1.807) is 11.7 Å². The number of rotatable bonds is 4. The van der Waals surface area contributed by atoms with E-state index >= 15 is 0 Å². The molecule has 7 heteroatoms. The number of hydrogen-bond acceptors (Lipinski definition) is 2. The Morgan fingerprint density at radius 2 is 2.06 bits per heavy atom. The summed E-state index contributed by atoms with van der Waals surface area (Å²) in [4.78, 5) is 0. The molecule has 0 saturated carbocycles. The summed E-state index contributed by atoms with van der Waals surface area (Å²) in [6, 6.07) is -0.511. The Morgan fingerprint density at radius 1 is 1.47 bits per heavy atom. The summed E-state index contributed by atoms with van der Waals surface area (Å²) in [5, 5.41) is 4.16. The van der Waals surface area contributed by atoms with Crippen LogP contribution < -0.4 is 5.73 Å². The zero-order valence-electron chi connectivity index (χ0n) is 9.68. The Balaban J connectivity index is 2.59. The zero-order valence-corrected chi connectivity index (χ0v) is 11.3. The molecular formula is C10H15BrF3N3. The topological polar surface area (TPSA) is 43.8 Å². The Bertz CT molecular complexity index is 387. The lowest BCUT2D eigenvalue weighted by Crippen LogP contribution is -2.26. The minimum atomic E-state index is -4.14. The number of aryl methyl sites for hydroxylation is 2. The first-order valence-electron chi connectivity index (χ1n) is 5.21. The van der Waals surface area contributed by atoms with E-state index in [0.29, 0.717) is 6.42 Å². The maximum Gasteiger partial charge on any atom is 0.389 e. The van der Waals surface area contributed by atoms with Crippen LogP contribution in [-0.4, -0.2) is 22.0 Å². The second kappa shape index (κ2) is 5.39. The molecule has 0 bridgehead atoms. The van der Waals surface area contributed by atoms with Gasteiger partial charge in [-0.1, -0.05) is 0 Å². The number of nitrogens with zero attached hydrogens (tertiary/aromatic N) is 2. The van der Waals surface area contributed by atoms with Gasteiger partial charge in [0.2, 0.25) is 0 Å². The molecule has 1 heterocycles. The van der Waals surface area contributed by atoms with Gasteiger partial charge in [-0.05, 0) is 29.3 Å². The molecule has 1 rings (SSSR count). The number of halogens is 4. The molecule has 0 spiro atoms. The molecule has 0 aliphatic heterocycles. The van der Waals surface area contributed by atoms with Crippen molar-refractivity contribution in [3.8, 4) is 0 Å². The highest BCUT2D eigenvalue weighted by molar-refractivity contribution is 9.10. The fourth-order valence-electron chi connectivity index (χ4n) is 1.60. The van der Waals surface area contributed by atoms with Crippen LogP contribution in [0.25, 0.3) is 0 Å². The van der Waals surface area contributed by atoms with Crippen LogP contribution in [0.4, 0.5) is 13.2 Å². The number of hydrogen-bond donors (Lipinski definition) is 1. The first-order chi connectivity index (χ1) is 7.70. The van der Waals surface area contributed by atoms with Crippen LogP contribution in [0.1, 0.15) is 24.2 Å². The first-order valence-corrected chi connectivity index (χ1v) is 6.00. The average Bonchev–Trinajstić information content (AvgIpc) is 2.41. The largest absolute Gasteiger partial charge is 0.389 e. The van der Waals surface area contributed by atoms with Crippen LogP contribution in [-0.2, 0) is 13.5 Å². The Morgan fingerprint density at radius 3 is 2.47 bits per heavy atom. The van der Waals surface area contributed by atoms with Gasteiger partial charge in [-0.3, -0.25) is 4.68 Å². The van der Waals surface area contributed by atoms with E-state index in [4.69, 9.17) is 5.73 Å². The van der Waals surface area contributed by atoms with Crippen molar-refractivity contribution in [3.05, 3.63) is 15.9 Å². The van der Waals surface area contributed by atoms with Crippen molar-refractivity contribution >= 4 is 15.9 Å². The van der Waals surface area contributed by atoms with E-state index < -0.39 is 18.6 Å². The third kappa shape index (κ3) is 4.31. The van der Waals surface area contributed by atoms with E-state index in [1.165, 1.54) is 0 Å². The molecule has 1 aromatic heterocycles. The van der Waals surface area contributed by atoms with E-state index in [2.05, 4.69) is 21.0 Å². The number of aromatic nitrogens is 2. The summed E-state index contributed by atoms with van der Waals surface area (Å²) in [6.45, 7) is 1.83. The molecule has 0 saturated heterocycles. The summed E-state index contributed by atoms with van der Waals surface area (Å²) in [7, 11) is 1.75. The smallest absolute Gasteiger partial charge is 0.327 e. The van der Waals surface area contributed by atoms with Crippen molar-refractivity contribution in [2.24, 2.45) is 12.8 Å². The van der Waals surface area contributed by atoms with Gasteiger partial charge >= 0.3 is 6.18 Å². The minimum absolute atomic E-state index is 0.0693. The highest BCUT2D eigenvalue weighted by Gasteiger charge is 2.28. The molecule has 0 aliphatic rings. The molecule has 0 aliphatic carbocycles.